The summed E-state index contributed by atoms with van der Waals surface area (Å²) in [5.74, 6) is -0.214. The number of methoxy groups -OCH3 is 2. The molecule has 8 heteroatoms. The van der Waals surface area contributed by atoms with Gasteiger partial charge in [0, 0.05) is 36.2 Å². The number of carbonyl (C=O) groups excluding carboxylic acids is 2. The average molecular weight is 304 g/mol. The molecular formula is C14H16N4O4. The molecule has 0 N–H and O–H groups in total. The maximum absolute atomic E-state index is 12.1. The van der Waals surface area contributed by atoms with Crippen LogP contribution in [0.2, 0.25) is 0 Å². The molecule has 0 aromatic heterocycles. The molecule has 1 aliphatic rings. The lowest BCUT2D eigenvalue weighted by Gasteiger charge is -2.18. The van der Waals surface area contributed by atoms with Gasteiger partial charge in [-0.15, -0.1) is 0 Å². The van der Waals surface area contributed by atoms with Gasteiger partial charge < -0.3 is 14.4 Å². The topological polar surface area (TPSA) is 105 Å². The van der Waals surface area contributed by atoms with Crippen molar-refractivity contribution < 1.29 is 19.1 Å². The van der Waals surface area contributed by atoms with Gasteiger partial charge in [0.05, 0.1) is 14.2 Å². The van der Waals surface area contributed by atoms with Crippen molar-refractivity contribution in [1.82, 2.24) is 0 Å². The van der Waals surface area contributed by atoms with Gasteiger partial charge >= 0.3 is 5.97 Å². The molecule has 8 nitrogen and oxygen atoms in total. The molecule has 0 aliphatic carbocycles. The predicted octanol–water partition coefficient (Wildman–Crippen LogP) is 2.14. The van der Waals surface area contributed by atoms with Crippen LogP contribution in [0, 0.1) is 5.92 Å². The first-order chi connectivity index (χ1) is 10.6. The van der Waals surface area contributed by atoms with E-state index in [1.807, 2.05) is 0 Å². The summed E-state index contributed by atoms with van der Waals surface area (Å²) in [6.07, 6.45) is 0.333. The first kappa shape index (κ1) is 15.7. The summed E-state index contributed by atoms with van der Waals surface area (Å²) in [4.78, 5) is 28.0. The van der Waals surface area contributed by atoms with Crippen molar-refractivity contribution in [2.75, 3.05) is 32.2 Å². The summed E-state index contributed by atoms with van der Waals surface area (Å²) >= 11 is 0. The summed E-state index contributed by atoms with van der Waals surface area (Å²) < 4.78 is 9.87. The molecule has 0 saturated carbocycles. The van der Waals surface area contributed by atoms with Gasteiger partial charge in [0.2, 0.25) is 5.91 Å². The average Bonchev–Trinajstić information content (AvgIpc) is 2.92. The summed E-state index contributed by atoms with van der Waals surface area (Å²) in [5.41, 5.74) is 9.28. The molecule has 1 heterocycles. The molecule has 0 spiro atoms. The number of ether oxygens (including phenoxy) is 2. The van der Waals surface area contributed by atoms with Crippen LogP contribution in [0.3, 0.4) is 0 Å². The monoisotopic (exact) mass is 304 g/mol. The van der Waals surface area contributed by atoms with Crippen LogP contribution >= 0.6 is 0 Å². The van der Waals surface area contributed by atoms with Gasteiger partial charge in [0.25, 0.3) is 0 Å². The van der Waals surface area contributed by atoms with E-state index in [1.165, 1.54) is 14.2 Å². The fourth-order valence-electron chi connectivity index (χ4n) is 2.43. The van der Waals surface area contributed by atoms with Gasteiger partial charge in [-0.2, -0.15) is 0 Å². The predicted molar refractivity (Wildman–Crippen MR) is 78.8 cm³/mol. The third-order valence-electron chi connectivity index (χ3n) is 3.51. The third-order valence-corrected chi connectivity index (χ3v) is 3.51. The number of nitrogens with zero attached hydrogens (tertiary/aromatic N) is 4. The van der Waals surface area contributed by atoms with Crippen molar-refractivity contribution in [2.45, 2.75) is 6.42 Å². The number of carbonyl (C=O) groups is 2. The normalized spacial score (nSPS) is 17.1. The van der Waals surface area contributed by atoms with Crippen LogP contribution in [0.4, 0.5) is 5.69 Å². The number of hydrogen-bond acceptors (Lipinski definition) is 5. The van der Waals surface area contributed by atoms with Crippen LogP contribution in [0.1, 0.15) is 16.8 Å². The van der Waals surface area contributed by atoms with E-state index < -0.39 is 5.97 Å². The molecule has 1 atom stereocenters. The molecule has 1 aromatic rings. The van der Waals surface area contributed by atoms with E-state index in [9.17, 15) is 9.59 Å². The maximum Gasteiger partial charge on any atom is 0.341 e. The van der Waals surface area contributed by atoms with Crippen molar-refractivity contribution in [1.29, 1.82) is 0 Å². The summed E-state index contributed by atoms with van der Waals surface area (Å²) in [7, 11) is 2.74. The van der Waals surface area contributed by atoms with Crippen molar-refractivity contribution in [2.24, 2.45) is 11.0 Å². The van der Waals surface area contributed by atoms with Crippen LogP contribution in [0.5, 0.6) is 5.75 Å². The molecular weight excluding hydrogens is 288 g/mol. The number of amides is 1. The summed E-state index contributed by atoms with van der Waals surface area (Å²) in [5, 5.41) is 3.51. The van der Waals surface area contributed by atoms with Crippen molar-refractivity contribution >= 4 is 17.6 Å². The second-order valence-corrected chi connectivity index (χ2v) is 4.86. The number of azide groups is 1. The van der Waals surface area contributed by atoms with Gasteiger partial charge in [-0.1, -0.05) is 5.11 Å². The number of rotatable bonds is 5. The SMILES string of the molecule is COC(=O)c1ccc(N2CC(CN=[N+]=[N-])CC2=O)cc1OC. The lowest BCUT2D eigenvalue weighted by molar-refractivity contribution is -0.117. The maximum atomic E-state index is 12.1. The van der Waals surface area contributed by atoms with Crippen LogP contribution in [0.15, 0.2) is 23.3 Å². The Labute approximate surface area is 127 Å². The fraction of sp³-hybridized carbons (Fsp3) is 0.429. The lowest BCUT2D eigenvalue weighted by Crippen LogP contribution is -2.25. The van der Waals surface area contributed by atoms with Crippen molar-refractivity contribution in [3.05, 3.63) is 34.2 Å². The Hall–Kier alpha value is -2.73. The smallest absolute Gasteiger partial charge is 0.341 e. The zero-order valence-electron chi connectivity index (χ0n) is 12.4. The Morgan fingerprint density at radius 2 is 2.27 bits per heavy atom. The molecule has 1 fully saturated rings. The van der Waals surface area contributed by atoms with E-state index in [1.54, 1.807) is 23.1 Å². The molecule has 0 bridgehead atoms. The van der Waals surface area contributed by atoms with E-state index in [4.69, 9.17) is 10.3 Å². The first-order valence-electron chi connectivity index (χ1n) is 6.68. The summed E-state index contributed by atoms with van der Waals surface area (Å²) in [6, 6.07) is 4.86. The Morgan fingerprint density at radius 1 is 1.50 bits per heavy atom. The van der Waals surface area contributed by atoms with Crippen LogP contribution in [-0.2, 0) is 9.53 Å². The van der Waals surface area contributed by atoms with E-state index in [0.29, 0.717) is 30.0 Å². The highest BCUT2D eigenvalue weighted by Gasteiger charge is 2.30. The van der Waals surface area contributed by atoms with E-state index in [2.05, 4.69) is 14.8 Å². The molecule has 1 aliphatic heterocycles. The highest BCUT2D eigenvalue weighted by Crippen LogP contribution is 2.30. The van der Waals surface area contributed by atoms with Crippen molar-refractivity contribution in [3.63, 3.8) is 0 Å². The van der Waals surface area contributed by atoms with Crippen LogP contribution in [-0.4, -0.2) is 39.2 Å². The number of anilines is 1. The van der Waals surface area contributed by atoms with E-state index in [0.717, 1.165) is 0 Å². The molecule has 1 amide bonds. The minimum Gasteiger partial charge on any atom is -0.496 e. The fourth-order valence-corrected chi connectivity index (χ4v) is 2.43. The minimum absolute atomic E-state index is 0.00493. The van der Waals surface area contributed by atoms with Gasteiger partial charge in [-0.05, 0) is 23.6 Å². The summed E-state index contributed by atoms with van der Waals surface area (Å²) in [6.45, 7) is 0.759. The van der Waals surface area contributed by atoms with Gasteiger partial charge in [-0.25, -0.2) is 4.79 Å². The van der Waals surface area contributed by atoms with E-state index in [-0.39, 0.29) is 18.4 Å². The number of hydrogen-bond donors (Lipinski definition) is 0. The Balaban J connectivity index is 2.24. The second-order valence-electron chi connectivity index (χ2n) is 4.86. The Bertz CT molecular complexity index is 640. The quantitative estimate of drug-likeness (QED) is 0.359. The molecule has 2 rings (SSSR count). The molecule has 0 radical (unpaired) electrons. The number of benzene rings is 1. The van der Waals surface area contributed by atoms with Gasteiger partial charge in [-0.3, -0.25) is 4.79 Å². The molecule has 1 aromatic carbocycles. The highest BCUT2D eigenvalue weighted by molar-refractivity contribution is 5.98. The Kier molecular flexibility index (Phi) is 4.85. The zero-order valence-corrected chi connectivity index (χ0v) is 12.4. The van der Waals surface area contributed by atoms with Gasteiger partial charge in [0.15, 0.2) is 0 Å². The largest absolute Gasteiger partial charge is 0.496 e. The molecule has 1 saturated heterocycles. The lowest BCUT2D eigenvalue weighted by atomic mass is 10.1. The number of esters is 1. The molecule has 1 unspecified atom stereocenters. The standard InChI is InChI=1S/C14H16N4O4/c1-21-12-6-10(3-4-11(12)14(20)22-2)18-8-9(5-13(18)19)7-16-17-15/h3-4,6,9H,5,7-8H2,1-2H3. The minimum atomic E-state index is -0.502. The second kappa shape index (κ2) is 6.82. The van der Waals surface area contributed by atoms with Crippen LogP contribution < -0.4 is 9.64 Å². The first-order valence-corrected chi connectivity index (χ1v) is 6.68. The molecule has 22 heavy (non-hydrogen) atoms. The van der Waals surface area contributed by atoms with Gasteiger partial charge in [0.1, 0.15) is 11.3 Å². The zero-order chi connectivity index (χ0) is 16.1. The van der Waals surface area contributed by atoms with Crippen LogP contribution in [0.25, 0.3) is 10.4 Å². The van der Waals surface area contributed by atoms with Crippen molar-refractivity contribution in [3.8, 4) is 5.75 Å². The third kappa shape index (κ3) is 3.12. The Morgan fingerprint density at radius 3 is 2.91 bits per heavy atom. The van der Waals surface area contributed by atoms with E-state index >= 15 is 0 Å². The highest BCUT2D eigenvalue weighted by atomic mass is 16.5. The molecule has 116 valence electrons.